The van der Waals surface area contributed by atoms with Crippen LogP contribution in [0.2, 0.25) is 5.02 Å². The molecule has 29 heavy (non-hydrogen) atoms. The molecule has 1 aliphatic heterocycles. The van der Waals surface area contributed by atoms with Gasteiger partial charge in [-0.2, -0.15) is 0 Å². The summed E-state index contributed by atoms with van der Waals surface area (Å²) in [6.07, 6.45) is 3.57. The predicted octanol–water partition coefficient (Wildman–Crippen LogP) is 3.97. The van der Waals surface area contributed by atoms with Gasteiger partial charge in [0.25, 0.3) is 0 Å². The van der Waals surface area contributed by atoms with E-state index in [2.05, 4.69) is 0 Å². The highest BCUT2D eigenvalue weighted by atomic mass is 35.5. The predicted molar refractivity (Wildman–Crippen MR) is 116 cm³/mol. The van der Waals surface area contributed by atoms with Crippen LogP contribution in [0.3, 0.4) is 0 Å². The molecule has 1 unspecified atom stereocenters. The zero-order valence-electron chi connectivity index (χ0n) is 16.3. The molecule has 0 N–H and O–H groups in total. The molecule has 1 saturated heterocycles. The SMILES string of the molecule is CCOc1ccc(CN(C(=O)/C=C/c2ccccc2Cl)C2CCS(=O)(=O)C2)cc1. The average Bonchev–Trinajstić information content (AvgIpc) is 3.06. The Morgan fingerprint density at radius 1 is 1.21 bits per heavy atom. The number of nitrogens with zero attached hydrogens (tertiary/aromatic N) is 1. The van der Waals surface area contributed by atoms with Crippen LogP contribution in [-0.4, -0.2) is 43.4 Å². The van der Waals surface area contributed by atoms with E-state index in [-0.39, 0.29) is 23.5 Å². The molecular weight excluding hydrogens is 410 g/mol. The molecule has 7 heteroatoms. The van der Waals surface area contributed by atoms with Gasteiger partial charge < -0.3 is 9.64 Å². The number of carbonyl (C=O) groups is 1. The smallest absolute Gasteiger partial charge is 0.247 e. The molecular formula is C22H24ClNO4S. The van der Waals surface area contributed by atoms with E-state index < -0.39 is 9.84 Å². The van der Waals surface area contributed by atoms with Crippen LogP contribution in [0, 0.1) is 0 Å². The lowest BCUT2D eigenvalue weighted by atomic mass is 10.1. The Labute approximate surface area is 176 Å². The van der Waals surface area contributed by atoms with Crippen molar-refractivity contribution in [2.75, 3.05) is 18.1 Å². The Kier molecular flexibility index (Phi) is 6.98. The minimum Gasteiger partial charge on any atom is -0.494 e. The minimum absolute atomic E-state index is 0.00426. The molecule has 0 aromatic heterocycles. The highest BCUT2D eigenvalue weighted by Gasteiger charge is 2.34. The molecule has 3 rings (SSSR count). The van der Waals surface area contributed by atoms with Crippen molar-refractivity contribution in [3.8, 4) is 5.75 Å². The molecule has 0 spiro atoms. The van der Waals surface area contributed by atoms with Crippen LogP contribution in [-0.2, 0) is 21.2 Å². The van der Waals surface area contributed by atoms with Crippen LogP contribution >= 0.6 is 11.6 Å². The maximum Gasteiger partial charge on any atom is 0.247 e. The van der Waals surface area contributed by atoms with Gasteiger partial charge >= 0.3 is 0 Å². The third kappa shape index (κ3) is 5.84. The first-order valence-electron chi connectivity index (χ1n) is 9.53. The topological polar surface area (TPSA) is 63.7 Å². The summed E-state index contributed by atoms with van der Waals surface area (Å²) in [7, 11) is -3.11. The number of halogens is 1. The molecule has 154 valence electrons. The molecule has 1 fully saturated rings. The molecule has 0 bridgehead atoms. The number of hydrogen-bond acceptors (Lipinski definition) is 4. The first-order valence-corrected chi connectivity index (χ1v) is 11.7. The lowest BCUT2D eigenvalue weighted by Crippen LogP contribution is -2.39. The van der Waals surface area contributed by atoms with Crippen LogP contribution in [0.25, 0.3) is 6.08 Å². The second-order valence-corrected chi connectivity index (χ2v) is 9.59. The Balaban J connectivity index is 1.80. The lowest BCUT2D eigenvalue weighted by molar-refractivity contribution is -0.128. The van der Waals surface area contributed by atoms with E-state index in [1.165, 1.54) is 6.08 Å². The third-order valence-corrected chi connectivity index (χ3v) is 6.92. The Morgan fingerprint density at radius 2 is 1.93 bits per heavy atom. The molecule has 1 aliphatic rings. The quantitative estimate of drug-likeness (QED) is 0.620. The number of carbonyl (C=O) groups excluding carboxylic acids is 1. The van der Waals surface area contributed by atoms with Gasteiger partial charge in [0.2, 0.25) is 5.91 Å². The summed E-state index contributed by atoms with van der Waals surface area (Å²) < 4.78 is 29.4. The molecule has 0 aliphatic carbocycles. The highest BCUT2D eigenvalue weighted by molar-refractivity contribution is 7.91. The van der Waals surface area contributed by atoms with Gasteiger partial charge in [-0.3, -0.25) is 4.79 Å². The largest absolute Gasteiger partial charge is 0.494 e. The monoisotopic (exact) mass is 433 g/mol. The Morgan fingerprint density at radius 3 is 2.55 bits per heavy atom. The van der Waals surface area contributed by atoms with Crippen LogP contribution in [0.5, 0.6) is 5.75 Å². The van der Waals surface area contributed by atoms with E-state index in [4.69, 9.17) is 16.3 Å². The molecule has 1 atom stereocenters. The zero-order chi connectivity index (χ0) is 20.9. The summed E-state index contributed by atoms with van der Waals surface area (Å²) in [4.78, 5) is 14.6. The van der Waals surface area contributed by atoms with Crippen molar-refractivity contribution in [1.82, 2.24) is 4.90 Å². The average molecular weight is 434 g/mol. The summed E-state index contributed by atoms with van der Waals surface area (Å²) in [5, 5.41) is 0.554. The number of hydrogen-bond donors (Lipinski definition) is 0. The van der Waals surface area contributed by atoms with Crippen LogP contribution in [0.1, 0.15) is 24.5 Å². The fourth-order valence-corrected chi connectivity index (χ4v) is 5.26. The van der Waals surface area contributed by atoms with Gasteiger partial charge in [0, 0.05) is 23.7 Å². The molecule has 1 heterocycles. The number of benzene rings is 2. The van der Waals surface area contributed by atoms with E-state index in [0.29, 0.717) is 24.6 Å². The third-order valence-electron chi connectivity index (χ3n) is 4.83. The fraction of sp³-hybridized carbons (Fsp3) is 0.318. The van der Waals surface area contributed by atoms with E-state index in [0.717, 1.165) is 16.9 Å². The summed E-state index contributed by atoms with van der Waals surface area (Å²) in [6, 6.07) is 14.4. The van der Waals surface area contributed by atoms with Crippen molar-refractivity contribution in [3.63, 3.8) is 0 Å². The van der Waals surface area contributed by atoms with Crippen molar-refractivity contribution in [2.24, 2.45) is 0 Å². The van der Waals surface area contributed by atoms with Crippen molar-refractivity contribution < 1.29 is 17.9 Å². The highest BCUT2D eigenvalue weighted by Crippen LogP contribution is 2.23. The molecule has 5 nitrogen and oxygen atoms in total. The summed E-state index contributed by atoms with van der Waals surface area (Å²) in [5.74, 6) is 0.631. The molecule has 1 amide bonds. The van der Waals surface area contributed by atoms with E-state index in [9.17, 15) is 13.2 Å². The second-order valence-electron chi connectivity index (χ2n) is 6.95. The van der Waals surface area contributed by atoms with Gasteiger partial charge in [0.15, 0.2) is 9.84 Å². The number of amides is 1. The first kappa shape index (κ1) is 21.4. The Bertz CT molecular complexity index is 986. The van der Waals surface area contributed by atoms with Gasteiger partial charge in [0.1, 0.15) is 5.75 Å². The maximum absolute atomic E-state index is 13.0. The summed E-state index contributed by atoms with van der Waals surface area (Å²) >= 11 is 6.15. The zero-order valence-corrected chi connectivity index (χ0v) is 17.8. The van der Waals surface area contributed by atoms with E-state index >= 15 is 0 Å². The van der Waals surface area contributed by atoms with Crippen LogP contribution in [0.15, 0.2) is 54.6 Å². The van der Waals surface area contributed by atoms with Gasteiger partial charge in [-0.15, -0.1) is 0 Å². The number of rotatable bonds is 7. The molecule has 0 saturated carbocycles. The van der Waals surface area contributed by atoms with Crippen molar-refractivity contribution in [1.29, 1.82) is 0 Å². The second kappa shape index (κ2) is 9.46. The summed E-state index contributed by atoms with van der Waals surface area (Å²) in [6.45, 7) is 2.83. The van der Waals surface area contributed by atoms with Crippen molar-refractivity contribution >= 4 is 33.4 Å². The minimum atomic E-state index is -3.11. The molecule has 2 aromatic rings. The molecule has 0 radical (unpaired) electrons. The first-order chi connectivity index (χ1) is 13.9. The van der Waals surface area contributed by atoms with Gasteiger partial charge in [-0.1, -0.05) is 41.9 Å². The lowest BCUT2D eigenvalue weighted by Gasteiger charge is -2.27. The fourth-order valence-electron chi connectivity index (χ4n) is 3.33. The van der Waals surface area contributed by atoms with Crippen LogP contribution < -0.4 is 4.74 Å². The Hall–Kier alpha value is -2.31. The standard InChI is InChI=1S/C22H24ClNO4S/c1-2-28-20-10-7-17(8-11-20)15-24(19-13-14-29(26,27)16-19)22(25)12-9-18-5-3-4-6-21(18)23/h3-12,19H,2,13-16H2,1H3/b12-9+. The normalized spacial score (nSPS) is 18.1. The van der Waals surface area contributed by atoms with Gasteiger partial charge in [0.05, 0.1) is 18.1 Å². The number of ether oxygens (including phenoxy) is 1. The van der Waals surface area contributed by atoms with Crippen molar-refractivity contribution in [3.05, 3.63) is 70.8 Å². The van der Waals surface area contributed by atoms with Gasteiger partial charge in [-0.25, -0.2) is 8.42 Å². The van der Waals surface area contributed by atoms with Crippen LogP contribution in [0.4, 0.5) is 0 Å². The van der Waals surface area contributed by atoms with Gasteiger partial charge in [-0.05, 0) is 48.7 Å². The number of sulfone groups is 1. The van der Waals surface area contributed by atoms with E-state index in [1.807, 2.05) is 49.4 Å². The summed E-state index contributed by atoms with van der Waals surface area (Å²) in [5.41, 5.74) is 1.65. The van der Waals surface area contributed by atoms with Crippen molar-refractivity contribution in [2.45, 2.75) is 25.9 Å². The maximum atomic E-state index is 13.0. The molecule has 2 aromatic carbocycles. The van der Waals surface area contributed by atoms with E-state index in [1.54, 1.807) is 17.0 Å².